The Hall–Kier alpha value is -2.29. The smallest absolute Gasteiger partial charge is 0.221 e. The Labute approximate surface area is 220 Å². The Bertz CT molecular complexity index is 1040. The van der Waals surface area contributed by atoms with E-state index in [4.69, 9.17) is 9.47 Å². The molecule has 0 unspecified atom stereocenters. The van der Waals surface area contributed by atoms with Gasteiger partial charge >= 0.3 is 0 Å². The molecule has 2 N–H and O–H groups in total. The average molecular weight is 508 g/mol. The van der Waals surface area contributed by atoms with E-state index in [2.05, 4.69) is 34.2 Å². The maximum Gasteiger partial charge on any atom is 0.221 e. The lowest BCUT2D eigenvalue weighted by atomic mass is 9.90. The van der Waals surface area contributed by atoms with Crippen molar-refractivity contribution >= 4 is 11.6 Å². The van der Waals surface area contributed by atoms with Crippen molar-refractivity contribution in [2.24, 2.45) is 5.92 Å². The van der Waals surface area contributed by atoms with E-state index in [1.54, 1.807) is 0 Å². The van der Waals surface area contributed by atoms with Gasteiger partial charge in [0.15, 0.2) is 6.29 Å². The SMILES string of the molecule is CC(=O)Nc1cccc([C@H]2O[C@@H](CN3CCC[C@H]3CN3CCCC3)[C@@H](C)[C@@H](c3ccc(CO)cc3)O2)c1. The van der Waals surface area contributed by atoms with Crippen molar-refractivity contribution in [2.45, 2.75) is 70.7 Å². The van der Waals surface area contributed by atoms with Crippen LogP contribution >= 0.6 is 0 Å². The third-order valence-electron chi connectivity index (χ3n) is 8.18. The van der Waals surface area contributed by atoms with Crippen molar-refractivity contribution in [2.75, 3.05) is 38.0 Å². The average Bonchev–Trinajstić information content (AvgIpc) is 3.58. The van der Waals surface area contributed by atoms with Gasteiger partial charge < -0.3 is 24.8 Å². The molecule has 0 aromatic heterocycles. The number of rotatable bonds is 8. The summed E-state index contributed by atoms with van der Waals surface area (Å²) in [6.07, 6.45) is 4.47. The number of carbonyl (C=O) groups is 1. The van der Waals surface area contributed by atoms with Crippen LogP contribution in [-0.4, -0.2) is 65.7 Å². The Balaban J connectivity index is 1.37. The third kappa shape index (κ3) is 6.41. The Morgan fingerprint density at radius 3 is 2.51 bits per heavy atom. The molecule has 3 saturated heterocycles. The Morgan fingerprint density at radius 2 is 1.78 bits per heavy atom. The molecule has 0 bridgehead atoms. The molecule has 7 nitrogen and oxygen atoms in total. The molecule has 3 heterocycles. The molecule has 5 rings (SSSR count). The highest BCUT2D eigenvalue weighted by Crippen LogP contribution is 2.42. The number of ether oxygens (including phenoxy) is 2. The first-order valence-corrected chi connectivity index (χ1v) is 13.8. The third-order valence-corrected chi connectivity index (χ3v) is 8.18. The largest absolute Gasteiger partial charge is 0.392 e. The molecule has 200 valence electrons. The molecule has 2 aromatic carbocycles. The lowest BCUT2D eigenvalue weighted by molar-refractivity contribution is -0.276. The monoisotopic (exact) mass is 507 g/mol. The van der Waals surface area contributed by atoms with Gasteiger partial charge in [0.25, 0.3) is 0 Å². The van der Waals surface area contributed by atoms with Gasteiger partial charge in [0, 0.05) is 43.2 Å². The van der Waals surface area contributed by atoms with Crippen LogP contribution in [0, 0.1) is 5.92 Å². The van der Waals surface area contributed by atoms with E-state index < -0.39 is 6.29 Å². The fraction of sp³-hybridized carbons (Fsp3) is 0.567. The minimum absolute atomic E-state index is 0.00451. The molecule has 3 fully saturated rings. The van der Waals surface area contributed by atoms with Crippen LogP contribution in [0.2, 0.25) is 0 Å². The molecule has 0 spiro atoms. The molecule has 5 atom stereocenters. The zero-order valence-electron chi connectivity index (χ0n) is 22.1. The van der Waals surface area contributed by atoms with E-state index in [0.717, 1.165) is 42.0 Å². The topological polar surface area (TPSA) is 74.3 Å². The van der Waals surface area contributed by atoms with E-state index >= 15 is 0 Å². The molecular formula is C30H41N3O4. The standard InChI is InChI=1S/C30H41N3O4/c1-21-28(19-33-16-6-9-27(33)18-32-14-3-4-15-32)36-30(25-7-5-8-26(17-25)31-22(2)35)37-29(21)24-12-10-23(20-34)11-13-24/h5,7-8,10-13,17,21,27-30,34H,3-4,6,9,14-16,18-20H2,1-2H3,(H,31,35)/t21-,27+,28+,29+,30+/m1/s1. The second-order valence-electron chi connectivity index (χ2n) is 10.9. The molecule has 37 heavy (non-hydrogen) atoms. The lowest BCUT2D eigenvalue weighted by Gasteiger charge is -2.43. The quantitative estimate of drug-likeness (QED) is 0.549. The lowest BCUT2D eigenvalue weighted by Crippen LogP contribution is -2.48. The van der Waals surface area contributed by atoms with Gasteiger partial charge in [-0.05, 0) is 68.6 Å². The summed E-state index contributed by atoms with van der Waals surface area (Å²) in [4.78, 5) is 16.9. The molecule has 3 aliphatic rings. The van der Waals surface area contributed by atoms with E-state index in [-0.39, 0.29) is 30.6 Å². The zero-order chi connectivity index (χ0) is 25.8. The summed E-state index contributed by atoms with van der Waals surface area (Å²) in [5.74, 6) is 0.0526. The van der Waals surface area contributed by atoms with Crippen molar-refractivity contribution in [3.8, 4) is 0 Å². The van der Waals surface area contributed by atoms with Crippen molar-refractivity contribution < 1.29 is 19.4 Å². The maximum atomic E-state index is 11.6. The van der Waals surface area contributed by atoms with Crippen LogP contribution in [0.15, 0.2) is 48.5 Å². The number of nitrogens with zero attached hydrogens (tertiary/aromatic N) is 2. The van der Waals surface area contributed by atoms with Gasteiger partial charge in [-0.2, -0.15) is 0 Å². The van der Waals surface area contributed by atoms with Gasteiger partial charge in [0.1, 0.15) is 0 Å². The normalized spacial score (nSPS) is 29.0. The van der Waals surface area contributed by atoms with Gasteiger partial charge in [0.2, 0.25) is 5.91 Å². The van der Waals surface area contributed by atoms with E-state index in [1.165, 1.54) is 45.7 Å². The predicted octanol–water partition coefficient (Wildman–Crippen LogP) is 4.49. The number of aliphatic hydroxyl groups is 1. The number of aliphatic hydroxyl groups excluding tert-OH is 1. The van der Waals surface area contributed by atoms with Crippen LogP contribution < -0.4 is 5.32 Å². The predicted molar refractivity (Wildman–Crippen MR) is 144 cm³/mol. The first-order valence-electron chi connectivity index (χ1n) is 13.8. The number of anilines is 1. The number of hydrogen-bond donors (Lipinski definition) is 2. The van der Waals surface area contributed by atoms with Crippen LogP contribution in [0.25, 0.3) is 0 Å². The highest BCUT2D eigenvalue weighted by atomic mass is 16.7. The van der Waals surface area contributed by atoms with E-state index in [9.17, 15) is 9.90 Å². The summed E-state index contributed by atoms with van der Waals surface area (Å²) in [5.41, 5.74) is 3.62. The van der Waals surface area contributed by atoms with Gasteiger partial charge in [-0.3, -0.25) is 9.69 Å². The zero-order valence-corrected chi connectivity index (χ0v) is 22.1. The summed E-state index contributed by atoms with van der Waals surface area (Å²) in [6.45, 7) is 9.38. The summed E-state index contributed by atoms with van der Waals surface area (Å²) in [7, 11) is 0. The minimum atomic E-state index is -0.530. The summed E-state index contributed by atoms with van der Waals surface area (Å²) >= 11 is 0. The molecular weight excluding hydrogens is 466 g/mol. The molecule has 0 radical (unpaired) electrons. The minimum Gasteiger partial charge on any atom is -0.392 e. The van der Waals surface area contributed by atoms with Gasteiger partial charge in [-0.1, -0.05) is 43.3 Å². The molecule has 7 heteroatoms. The van der Waals surface area contributed by atoms with Crippen molar-refractivity contribution in [3.63, 3.8) is 0 Å². The molecule has 3 aliphatic heterocycles. The Morgan fingerprint density at radius 1 is 1.00 bits per heavy atom. The van der Waals surface area contributed by atoms with Crippen LogP contribution in [0.3, 0.4) is 0 Å². The first kappa shape index (κ1) is 26.3. The molecule has 0 aliphatic carbocycles. The van der Waals surface area contributed by atoms with Gasteiger partial charge in [0.05, 0.1) is 18.8 Å². The van der Waals surface area contributed by atoms with Gasteiger partial charge in [-0.15, -0.1) is 0 Å². The van der Waals surface area contributed by atoms with E-state index in [0.29, 0.717) is 6.04 Å². The summed E-state index contributed by atoms with van der Waals surface area (Å²) in [6, 6.07) is 16.4. The van der Waals surface area contributed by atoms with Crippen molar-refractivity contribution in [1.29, 1.82) is 0 Å². The highest BCUT2D eigenvalue weighted by Gasteiger charge is 2.40. The number of benzene rings is 2. The maximum absolute atomic E-state index is 11.6. The number of hydrogen-bond acceptors (Lipinski definition) is 6. The number of likely N-dealkylation sites (tertiary alicyclic amines) is 2. The van der Waals surface area contributed by atoms with Gasteiger partial charge in [-0.25, -0.2) is 0 Å². The summed E-state index contributed by atoms with van der Waals surface area (Å²) < 4.78 is 13.3. The molecule has 1 amide bonds. The Kier molecular flexibility index (Phi) is 8.57. The number of nitrogens with one attached hydrogen (secondary N) is 1. The molecule has 2 aromatic rings. The number of carbonyl (C=O) groups excluding carboxylic acids is 1. The van der Waals surface area contributed by atoms with Crippen LogP contribution in [-0.2, 0) is 20.9 Å². The van der Waals surface area contributed by atoms with Crippen LogP contribution in [0.4, 0.5) is 5.69 Å². The van der Waals surface area contributed by atoms with Crippen LogP contribution in [0.5, 0.6) is 0 Å². The first-order chi connectivity index (χ1) is 18.0. The van der Waals surface area contributed by atoms with E-state index in [1.807, 2.05) is 36.4 Å². The fourth-order valence-electron chi connectivity index (χ4n) is 6.13. The van der Waals surface area contributed by atoms with Crippen LogP contribution in [0.1, 0.15) is 68.6 Å². The number of amides is 1. The van der Waals surface area contributed by atoms with Crippen molar-refractivity contribution in [3.05, 3.63) is 65.2 Å². The fourth-order valence-corrected chi connectivity index (χ4v) is 6.13. The summed E-state index contributed by atoms with van der Waals surface area (Å²) in [5, 5.41) is 12.4. The highest BCUT2D eigenvalue weighted by molar-refractivity contribution is 5.88. The molecule has 0 saturated carbocycles. The second kappa shape index (κ2) is 12.0. The second-order valence-corrected chi connectivity index (χ2v) is 10.9. The van der Waals surface area contributed by atoms with Crippen molar-refractivity contribution in [1.82, 2.24) is 9.80 Å².